The van der Waals surface area contributed by atoms with Gasteiger partial charge in [-0.25, -0.2) is 0 Å². The monoisotopic (exact) mass is 480 g/mol. The number of carbonyl (C=O) groups excluding carboxylic acids is 3. The molecule has 0 saturated carbocycles. The van der Waals surface area contributed by atoms with Crippen molar-refractivity contribution in [3.8, 4) is 11.5 Å². The van der Waals surface area contributed by atoms with E-state index in [-0.39, 0.29) is 16.7 Å². The first-order valence-electron chi connectivity index (χ1n) is 10.2. The third-order valence-corrected chi connectivity index (χ3v) is 4.84. The average molecular weight is 480 g/mol. The molecule has 1 aromatic heterocycles. The first-order chi connectivity index (χ1) is 16.0. The Morgan fingerprint density at radius 3 is 2.12 bits per heavy atom. The Hall–Kier alpha value is -3.64. The quantitative estimate of drug-likeness (QED) is 0.439. The topological polar surface area (TPSA) is 168 Å². The third-order valence-electron chi connectivity index (χ3n) is 4.84. The second-order valence-electron chi connectivity index (χ2n) is 7.60. The van der Waals surface area contributed by atoms with Crippen LogP contribution >= 0.6 is 0 Å². The Labute approximate surface area is 192 Å². The number of phenols is 1. The molecule has 0 unspecified atom stereocenters. The summed E-state index contributed by atoms with van der Waals surface area (Å²) in [6.45, 7) is 4.19. The van der Waals surface area contributed by atoms with Gasteiger partial charge in [-0.2, -0.15) is 0 Å². The highest BCUT2D eigenvalue weighted by Crippen LogP contribution is 2.33. The van der Waals surface area contributed by atoms with Crippen LogP contribution in [0.1, 0.15) is 26.5 Å². The van der Waals surface area contributed by atoms with E-state index in [4.69, 9.17) is 28.1 Å². The number of hydrogen-bond donors (Lipinski definition) is 2. The molecule has 0 radical (unpaired) electrons. The number of carbonyl (C=O) groups is 3. The number of benzene rings is 1. The van der Waals surface area contributed by atoms with E-state index in [0.29, 0.717) is 5.76 Å². The van der Waals surface area contributed by atoms with E-state index < -0.39 is 66.4 Å². The van der Waals surface area contributed by atoms with Crippen LogP contribution in [-0.2, 0) is 33.3 Å². The fraction of sp³-hybridized carbons (Fsp3) is 0.455. The normalized spacial score (nSPS) is 24.3. The van der Waals surface area contributed by atoms with Crippen molar-refractivity contribution >= 4 is 28.9 Å². The number of fused-ring (bicyclic) bond motifs is 1. The van der Waals surface area contributed by atoms with Crippen molar-refractivity contribution in [3.63, 3.8) is 0 Å². The van der Waals surface area contributed by atoms with Crippen molar-refractivity contribution in [1.29, 1.82) is 0 Å². The molecule has 2 N–H and O–H groups in total. The molecule has 2 heterocycles. The molecule has 3 rings (SSSR count). The van der Waals surface area contributed by atoms with Crippen molar-refractivity contribution in [1.82, 2.24) is 0 Å². The van der Waals surface area contributed by atoms with Gasteiger partial charge >= 0.3 is 17.9 Å². The highest BCUT2D eigenvalue weighted by atomic mass is 16.7. The van der Waals surface area contributed by atoms with Gasteiger partial charge < -0.3 is 38.3 Å². The van der Waals surface area contributed by atoms with Gasteiger partial charge in [0.1, 0.15) is 34.3 Å². The summed E-state index contributed by atoms with van der Waals surface area (Å²) in [7, 11) is 0. The largest absolute Gasteiger partial charge is 0.507 e. The second-order valence-corrected chi connectivity index (χ2v) is 7.60. The molecule has 1 aromatic carbocycles. The van der Waals surface area contributed by atoms with Crippen molar-refractivity contribution < 1.29 is 52.7 Å². The van der Waals surface area contributed by atoms with E-state index in [1.807, 2.05) is 0 Å². The van der Waals surface area contributed by atoms with Gasteiger partial charge in [-0.05, 0) is 6.92 Å². The molecule has 1 aliphatic rings. The zero-order valence-corrected chi connectivity index (χ0v) is 18.8. The molecule has 2 aromatic rings. The number of hydrogen-bond acceptors (Lipinski definition) is 12. The van der Waals surface area contributed by atoms with Crippen LogP contribution in [0, 0.1) is 6.92 Å². The smallest absolute Gasteiger partial charge is 0.303 e. The number of esters is 3. The SMILES string of the molecule is CC(=O)O[C@@H]1[C@@H](OC(C)=O)[C@H](Oc2cc(O)c3c(=O)cc(C)oc3c2)O[C@H](CO)[C@H]1OC(C)=O. The Bertz CT molecular complexity index is 1150. The minimum Gasteiger partial charge on any atom is -0.507 e. The van der Waals surface area contributed by atoms with Gasteiger partial charge in [0.15, 0.2) is 17.6 Å². The summed E-state index contributed by atoms with van der Waals surface area (Å²) >= 11 is 0. The second kappa shape index (κ2) is 10.1. The van der Waals surface area contributed by atoms with E-state index >= 15 is 0 Å². The summed E-state index contributed by atoms with van der Waals surface area (Å²) in [6, 6.07) is 3.65. The van der Waals surface area contributed by atoms with Gasteiger partial charge in [-0.3, -0.25) is 19.2 Å². The summed E-state index contributed by atoms with van der Waals surface area (Å²) in [6.07, 6.45) is -6.85. The van der Waals surface area contributed by atoms with E-state index in [1.165, 1.54) is 12.1 Å². The van der Waals surface area contributed by atoms with Gasteiger partial charge in [-0.15, -0.1) is 0 Å². The number of aryl methyl sites for hydroxylation is 1. The number of aliphatic hydroxyl groups is 1. The number of rotatable bonds is 6. The van der Waals surface area contributed by atoms with Crippen molar-refractivity contribution in [2.75, 3.05) is 6.61 Å². The van der Waals surface area contributed by atoms with Crippen LogP contribution in [0.5, 0.6) is 11.5 Å². The molecule has 12 heteroatoms. The average Bonchev–Trinajstić information content (AvgIpc) is 2.70. The Morgan fingerprint density at radius 1 is 0.941 bits per heavy atom. The zero-order valence-electron chi connectivity index (χ0n) is 18.8. The van der Waals surface area contributed by atoms with E-state index in [9.17, 15) is 29.4 Å². The molecular weight excluding hydrogens is 456 g/mol. The van der Waals surface area contributed by atoms with Crippen LogP contribution in [0.15, 0.2) is 27.4 Å². The number of aliphatic hydroxyl groups excluding tert-OH is 1. The molecular formula is C22H24O12. The molecule has 12 nitrogen and oxygen atoms in total. The van der Waals surface area contributed by atoms with Crippen molar-refractivity contribution in [2.24, 2.45) is 0 Å². The summed E-state index contributed by atoms with van der Waals surface area (Å²) < 4.78 is 32.7. The van der Waals surface area contributed by atoms with Crippen LogP contribution < -0.4 is 10.2 Å². The van der Waals surface area contributed by atoms with Gasteiger partial charge in [0, 0.05) is 39.0 Å². The predicted molar refractivity (Wildman–Crippen MR) is 112 cm³/mol. The number of ether oxygens (including phenoxy) is 5. The molecule has 34 heavy (non-hydrogen) atoms. The maximum Gasteiger partial charge on any atom is 0.303 e. The maximum atomic E-state index is 12.2. The first-order valence-corrected chi connectivity index (χ1v) is 10.2. The van der Waals surface area contributed by atoms with Gasteiger partial charge in [0.25, 0.3) is 0 Å². The molecule has 184 valence electrons. The number of aromatic hydroxyl groups is 1. The van der Waals surface area contributed by atoms with Crippen LogP contribution in [0.2, 0.25) is 0 Å². The van der Waals surface area contributed by atoms with Crippen LogP contribution in [0.25, 0.3) is 11.0 Å². The maximum absolute atomic E-state index is 12.2. The first kappa shape index (κ1) is 25.0. The third kappa shape index (κ3) is 5.46. The molecule has 5 atom stereocenters. The van der Waals surface area contributed by atoms with E-state index in [2.05, 4.69) is 0 Å². The highest BCUT2D eigenvalue weighted by molar-refractivity contribution is 5.84. The van der Waals surface area contributed by atoms with Gasteiger partial charge in [0.05, 0.1) is 6.61 Å². The minimum absolute atomic E-state index is 0.0212. The summed E-state index contributed by atoms with van der Waals surface area (Å²) in [5.74, 6) is -2.52. The molecule has 0 spiro atoms. The molecule has 1 aliphatic heterocycles. The van der Waals surface area contributed by atoms with Gasteiger partial charge in [-0.1, -0.05) is 0 Å². The molecule has 0 amide bonds. The summed E-state index contributed by atoms with van der Waals surface area (Å²) in [5.41, 5.74) is -0.443. The van der Waals surface area contributed by atoms with Crippen molar-refractivity contribution in [3.05, 3.63) is 34.2 Å². The lowest BCUT2D eigenvalue weighted by atomic mass is 9.98. The lowest BCUT2D eigenvalue weighted by molar-refractivity contribution is -0.287. The van der Waals surface area contributed by atoms with Gasteiger partial charge in [0.2, 0.25) is 12.4 Å². The number of phenolic OH excluding ortho intramolecular Hbond substituents is 1. The van der Waals surface area contributed by atoms with E-state index in [1.54, 1.807) is 6.92 Å². The zero-order chi connectivity index (χ0) is 25.2. The summed E-state index contributed by atoms with van der Waals surface area (Å²) in [4.78, 5) is 47.4. The van der Waals surface area contributed by atoms with Crippen molar-refractivity contribution in [2.45, 2.75) is 58.4 Å². The molecule has 1 fully saturated rings. The molecule has 0 aliphatic carbocycles. The van der Waals surface area contributed by atoms with E-state index in [0.717, 1.165) is 26.8 Å². The lowest BCUT2D eigenvalue weighted by Gasteiger charge is -2.43. The predicted octanol–water partition coefficient (Wildman–Crippen LogP) is 0.698. The van der Waals surface area contributed by atoms with Crippen LogP contribution in [-0.4, -0.2) is 65.4 Å². The van der Waals surface area contributed by atoms with Crippen LogP contribution in [0.4, 0.5) is 0 Å². The highest BCUT2D eigenvalue weighted by Gasteiger charge is 2.52. The molecule has 1 saturated heterocycles. The fourth-order valence-electron chi connectivity index (χ4n) is 3.66. The fourth-order valence-corrected chi connectivity index (χ4v) is 3.66. The Kier molecular flexibility index (Phi) is 7.42. The standard InChI is InChI=1S/C22H24O12/c1-9-5-14(27)18-15(28)6-13(7-16(18)29-9)33-22-21(32-12(4)26)20(31-11(3)25)19(30-10(2)24)17(8-23)34-22/h5-7,17,19-23,28H,8H2,1-4H3/t17-,19-,20+,21-,22-/m1/s1. The summed E-state index contributed by atoms with van der Waals surface area (Å²) in [5, 5.41) is 20.1. The molecule has 0 bridgehead atoms. The Morgan fingerprint density at radius 2 is 1.53 bits per heavy atom. The van der Waals surface area contributed by atoms with Crippen LogP contribution in [0.3, 0.4) is 0 Å². The lowest BCUT2D eigenvalue weighted by Crippen LogP contribution is -2.63. The minimum atomic E-state index is -1.48. The Balaban J connectivity index is 2.04.